The molecule has 0 aliphatic carbocycles. The van der Waals surface area contributed by atoms with Crippen LogP contribution >= 0.6 is 0 Å². The highest BCUT2D eigenvalue weighted by Gasteiger charge is 2.20. The van der Waals surface area contributed by atoms with Crippen molar-refractivity contribution in [3.05, 3.63) is 97.1 Å². The first-order valence-electron chi connectivity index (χ1n) is 13.8. The number of aromatic amines is 1. The van der Waals surface area contributed by atoms with Crippen molar-refractivity contribution in [2.45, 2.75) is 32.2 Å². The van der Waals surface area contributed by atoms with E-state index in [1.807, 2.05) is 30.5 Å². The molecule has 0 bridgehead atoms. The number of nitrogens with zero attached hydrogens (tertiary/aromatic N) is 4. The van der Waals surface area contributed by atoms with Gasteiger partial charge in [0.1, 0.15) is 5.82 Å². The molecule has 1 aliphatic heterocycles. The summed E-state index contributed by atoms with van der Waals surface area (Å²) >= 11 is 0. The molecule has 0 saturated carbocycles. The number of hydrogen-bond donors (Lipinski definition) is 3. The first-order valence-corrected chi connectivity index (χ1v) is 13.8. The molecule has 7 nitrogen and oxygen atoms in total. The summed E-state index contributed by atoms with van der Waals surface area (Å²) in [5.41, 5.74) is 6.61. The van der Waals surface area contributed by atoms with Crippen LogP contribution in [0.15, 0.2) is 91.3 Å². The molecular weight excluding hydrogens is 497 g/mol. The van der Waals surface area contributed by atoms with Crippen LogP contribution in [0.4, 0.5) is 0 Å². The summed E-state index contributed by atoms with van der Waals surface area (Å²) in [7, 11) is -1.46. The normalized spacial score (nSPS) is 15.4. The highest BCUT2D eigenvalue weighted by Crippen LogP contribution is 2.29. The second-order valence-electron chi connectivity index (χ2n) is 10.4. The van der Waals surface area contributed by atoms with Gasteiger partial charge in [-0.1, -0.05) is 54.6 Å². The summed E-state index contributed by atoms with van der Waals surface area (Å²) in [6, 6.07) is 26.6. The van der Waals surface area contributed by atoms with Crippen LogP contribution in [-0.4, -0.2) is 61.1 Å². The number of rotatable bonds is 5. The first-order chi connectivity index (χ1) is 19.6. The number of para-hydroxylation sites is 2. The molecule has 1 fully saturated rings. The quantitative estimate of drug-likeness (QED) is 0.280. The number of nitrogens with one attached hydrogen (secondary N) is 1. The molecule has 8 heteroatoms. The third-order valence-corrected chi connectivity index (χ3v) is 7.74. The van der Waals surface area contributed by atoms with Gasteiger partial charge in [0.05, 0.1) is 22.1 Å². The van der Waals surface area contributed by atoms with Gasteiger partial charge >= 0.3 is 7.12 Å². The minimum Gasteiger partial charge on any atom is -0.423 e. The van der Waals surface area contributed by atoms with E-state index in [0.717, 1.165) is 46.3 Å². The van der Waals surface area contributed by atoms with Crippen LogP contribution in [0.2, 0.25) is 0 Å². The van der Waals surface area contributed by atoms with Crippen molar-refractivity contribution in [1.29, 1.82) is 0 Å². The molecule has 0 unspecified atom stereocenters. The summed E-state index contributed by atoms with van der Waals surface area (Å²) in [4.78, 5) is 19.6. The fraction of sp³-hybridized carbons (Fsp3) is 0.219. The summed E-state index contributed by atoms with van der Waals surface area (Å²) < 4.78 is 0. The lowest BCUT2D eigenvalue weighted by Gasteiger charge is -2.19. The van der Waals surface area contributed by atoms with Gasteiger partial charge in [0.15, 0.2) is 0 Å². The molecule has 0 spiro atoms. The molecule has 200 valence electrons. The lowest BCUT2D eigenvalue weighted by atomic mass is 9.79. The third kappa shape index (κ3) is 5.47. The van der Waals surface area contributed by atoms with Crippen molar-refractivity contribution < 1.29 is 10.0 Å². The molecule has 3 aromatic heterocycles. The minimum atomic E-state index is -1.46. The molecule has 0 amide bonds. The van der Waals surface area contributed by atoms with Gasteiger partial charge in [0.25, 0.3) is 0 Å². The van der Waals surface area contributed by atoms with E-state index in [0.29, 0.717) is 17.0 Å². The minimum absolute atomic E-state index is 0.443. The van der Waals surface area contributed by atoms with E-state index in [1.165, 1.54) is 30.3 Å². The molecular formula is C32H32BN5O2. The van der Waals surface area contributed by atoms with Gasteiger partial charge in [-0.05, 0) is 61.5 Å². The van der Waals surface area contributed by atoms with Crippen LogP contribution in [0.1, 0.15) is 25.6 Å². The molecule has 40 heavy (non-hydrogen) atoms. The zero-order chi connectivity index (χ0) is 27.5. The van der Waals surface area contributed by atoms with Crippen molar-refractivity contribution in [1.82, 2.24) is 24.8 Å². The predicted octanol–water partition coefficient (Wildman–Crippen LogP) is 4.72. The van der Waals surface area contributed by atoms with Crippen molar-refractivity contribution in [2.75, 3.05) is 13.1 Å². The van der Waals surface area contributed by atoms with E-state index in [9.17, 15) is 0 Å². The number of H-pyrrole nitrogens is 1. The third-order valence-electron chi connectivity index (χ3n) is 7.74. The Morgan fingerprint density at radius 2 is 1.62 bits per heavy atom. The standard InChI is InChI=1S/C23H24N4.C9H8BNO2/c1-16-5-4-13-27(16)14-11-22-25-20-10-9-18(15-21(20)26-22)19-8-2-6-17-7-3-12-24-23(17)19;12-10(13)8-5-1-3-7-4-2-6-11-9(7)8/h2-3,6-10,12,15-16H,4-5,11,13-14H2,1H3,(H,25,26);1-6,12-13H/t16-;/m1./s1. The summed E-state index contributed by atoms with van der Waals surface area (Å²) in [6.45, 7) is 4.64. The van der Waals surface area contributed by atoms with Crippen LogP contribution in [-0.2, 0) is 6.42 Å². The molecule has 1 aliphatic rings. The predicted molar refractivity (Wildman–Crippen MR) is 162 cm³/mol. The molecule has 4 heterocycles. The van der Waals surface area contributed by atoms with Crippen molar-refractivity contribution in [3.63, 3.8) is 0 Å². The maximum Gasteiger partial charge on any atom is 0.490 e. The van der Waals surface area contributed by atoms with Crippen LogP contribution in [0, 0.1) is 0 Å². The van der Waals surface area contributed by atoms with Crippen molar-refractivity contribution in [3.8, 4) is 11.1 Å². The van der Waals surface area contributed by atoms with Gasteiger partial charge < -0.3 is 19.9 Å². The second-order valence-corrected chi connectivity index (χ2v) is 10.4. The van der Waals surface area contributed by atoms with Crippen molar-refractivity contribution >= 4 is 45.4 Å². The number of hydrogen-bond acceptors (Lipinski definition) is 6. The Labute approximate surface area is 233 Å². The van der Waals surface area contributed by atoms with E-state index >= 15 is 0 Å². The van der Waals surface area contributed by atoms with Crippen LogP contribution < -0.4 is 5.46 Å². The monoisotopic (exact) mass is 529 g/mol. The number of fused-ring (bicyclic) bond motifs is 3. The fourth-order valence-electron chi connectivity index (χ4n) is 5.60. The second kappa shape index (κ2) is 11.6. The van der Waals surface area contributed by atoms with Gasteiger partial charge in [-0.15, -0.1) is 0 Å². The Balaban J connectivity index is 0.000000187. The highest BCUT2D eigenvalue weighted by molar-refractivity contribution is 6.61. The topological polar surface area (TPSA) is 98.2 Å². The number of pyridine rings is 2. The number of aromatic nitrogens is 4. The Bertz CT molecular complexity index is 1760. The van der Waals surface area contributed by atoms with Crippen molar-refractivity contribution in [2.24, 2.45) is 0 Å². The average Bonchev–Trinajstić information content (AvgIpc) is 3.60. The average molecular weight is 529 g/mol. The maximum atomic E-state index is 9.04. The molecule has 3 N–H and O–H groups in total. The van der Waals surface area contributed by atoms with Gasteiger partial charge in [0.2, 0.25) is 0 Å². The number of benzene rings is 3. The zero-order valence-corrected chi connectivity index (χ0v) is 22.5. The molecule has 1 atom stereocenters. The SMILES string of the molecule is C[C@@H]1CCCN1CCc1nc2ccc(-c3cccc4cccnc34)cc2[nH]1.OB(O)c1cccc2cccnc12. The number of imidazole rings is 1. The van der Waals surface area contributed by atoms with Crippen LogP contribution in [0.5, 0.6) is 0 Å². The van der Waals surface area contributed by atoms with E-state index in [1.54, 1.807) is 18.3 Å². The fourth-order valence-corrected chi connectivity index (χ4v) is 5.60. The zero-order valence-electron chi connectivity index (χ0n) is 22.5. The first kappa shape index (κ1) is 26.1. The van der Waals surface area contributed by atoms with E-state index in [4.69, 9.17) is 15.0 Å². The van der Waals surface area contributed by atoms with Gasteiger partial charge in [-0.2, -0.15) is 0 Å². The lowest BCUT2D eigenvalue weighted by Crippen LogP contribution is -2.30. The van der Waals surface area contributed by atoms with E-state index in [2.05, 4.69) is 69.2 Å². The largest absolute Gasteiger partial charge is 0.490 e. The maximum absolute atomic E-state index is 9.04. The summed E-state index contributed by atoms with van der Waals surface area (Å²) in [5, 5.41) is 20.2. The highest BCUT2D eigenvalue weighted by atomic mass is 16.4. The molecule has 6 aromatic rings. The van der Waals surface area contributed by atoms with Gasteiger partial charge in [0, 0.05) is 47.8 Å². The number of likely N-dealkylation sites (tertiary alicyclic amines) is 1. The summed E-state index contributed by atoms with van der Waals surface area (Å²) in [5.74, 6) is 1.08. The Kier molecular flexibility index (Phi) is 7.55. The van der Waals surface area contributed by atoms with E-state index < -0.39 is 7.12 Å². The Hall–Kier alpha value is -4.11. The van der Waals surface area contributed by atoms with Crippen LogP contribution in [0.3, 0.4) is 0 Å². The molecule has 7 rings (SSSR count). The van der Waals surface area contributed by atoms with Gasteiger partial charge in [-0.25, -0.2) is 4.98 Å². The molecule has 0 radical (unpaired) electrons. The summed E-state index contributed by atoms with van der Waals surface area (Å²) in [6.07, 6.45) is 7.11. The van der Waals surface area contributed by atoms with E-state index in [-0.39, 0.29) is 0 Å². The van der Waals surface area contributed by atoms with Crippen LogP contribution in [0.25, 0.3) is 44.0 Å². The molecule has 1 saturated heterocycles. The molecule has 3 aromatic carbocycles. The van der Waals surface area contributed by atoms with Gasteiger partial charge in [-0.3, -0.25) is 9.97 Å². The lowest BCUT2D eigenvalue weighted by molar-refractivity contribution is 0.271. The Morgan fingerprint density at radius 3 is 2.38 bits per heavy atom. The Morgan fingerprint density at radius 1 is 0.900 bits per heavy atom. The smallest absolute Gasteiger partial charge is 0.423 e.